The maximum Gasteiger partial charge on any atom is 0.323 e. The highest BCUT2D eigenvalue weighted by molar-refractivity contribution is 6.00. The minimum Gasteiger partial charge on any atom is -0.480 e. The molecule has 0 amide bonds. The average molecular weight is 226 g/mol. The van der Waals surface area contributed by atoms with Gasteiger partial charge in [-0.05, 0) is 44.9 Å². The predicted octanol–water partition coefficient (Wildman–Crippen LogP) is 1.97. The van der Waals surface area contributed by atoms with Gasteiger partial charge < -0.3 is 9.84 Å². The van der Waals surface area contributed by atoms with Crippen LogP contribution in [0.1, 0.15) is 46.0 Å². The first kappa shape index (κ1) is 11.4. The van der Waals surface area contributed by atoms with E-state index in [1.807, 2.05) is 0 Å². The summed E-state index contributed by atoms with van der Waals surface area (Å²) in [6.45, 7) is 3.48. The lowest BCUT2D eigenvalue weighted by atomic mass is 9.45. The van der Waals surface area contributed by atoms with Gasteiger partial charge in [-0.1, -0.05) is 6.42 Å². The van der Waals surface area contributed by atoms with Crippen molar-refractivity contribution in [1.82, 2.24) is 0 Å². The van der Waals surface area contributed by atoms with E-state index in [0.29, 0.717) is 12.8 Å². The number of ether oxygens (including phenoxy) is 1. The van der Waals surface area contributed by atoms with E-state index in [9.17, 15) is 14.7 Å². The van der Waals surface area contributed by atoms with Crippen molar-refractivity contribution in [3.05, 3.63) is 0 Å². The lowest BCUT2D eigenvalue weighted by molar-refractivity contribution is -0.197. The summed E-state index contributed by atoms with van der Waals surface area (Å²) in [6, 6.07) is 0. The Morgan fingerprint density at radius 3 is 2.12 bits per heavy atom. The molecule has 2 aliphatic rings. The number of rotatable bonds is 3. The van der Waals surface area contributed by atoms with Gasteiger partial charge in [0.05, 0.1) is 6.10 Å². The third-order valence-electron chi connectivity index (χ3n) is 3.91. The van der Waals surface area contributed by atoms with Crippen LogP contribution >= 0.6 is 0 Å². The van der Waals surface area contributed by atoms with Crippen molar-refractivity contribution in [1.29, 1.82) is 0 Å². The summed E-state index contributed by atoms with van der Waals surface area (Å²) < 4.78 is 5.06. The first-order valence-corrected chi connectivity index (χ1v) is 5.85. The molecule has 0 unspecified atom stereocenters. The lowest BCUT2D eigenvalue weighted by Crippen LogP contribution is -2.59. The molecule has 2 fully saturated rings. The van der Waals surface area contributed by atoms with Crippen LogP contribution in [0.15, 0.2) is 0 Å². The molecule has 2 aliphatic carbocycles. The highest BCUT2D eigenvalue weighted by atomic mass is 16.5. The summed E-state index contributed by atoms with van der Waals surface area (Å²) in [6.07, 6.45) is 3.99. The molecule has 4 heteroatoms. The normalized spacial score (nSPS) is 24.7. The minimum absolute atomic E-state index is 0.147. The fourth-order valence-electron chi connectivity index (χ4n) is 2.97. The number of esters is 1. The number of hydrogen-bond acceptors (Lipinski definition) is 3. The molecule has 0 atom stereocenters. The van der Waals surface area contributed by atoms with Gasteiger partial charge in [-0.25, -0.2) is 0 Å². The van der Waals surface area contributed by atoms with Crippen LogP contribution in [-0.2, 0) is 14.3 Å². The summed E-state index contributed by atoms with van der Waals surface area (Å²) in [5.41, 5.74) is -1.10. The van der Waals surface area contributed by atoms with Gasteiger partial charge in [0, 0.05) is 0 Å². The largest absolute Gasteiger partial charge is 0.480 e. The van der Waals surface area contributed by atoms with Crippen molar-refractivity contribution in [2.45, 2.75) is 52.1 Å². The van der Waals surface area contributed by atoms with E-state index >= 15 is 0 Å². The van der Waals surface area contributed by atoms with Gasteiger partial charge >= 0.3 is 11.9 Å². The first-order valence-electron chi connectivity index (χ1n) is 5.85. The highest BCUT2D eigenvalue weighted by Crippen LogP contribution is 2.64. The van der Waals surface area contributed by atoms with Crippen molar-refractivity contribution in [2.24, 2.45) is 10.8 Å². The van der Waals surface area contributed by atoms with Gasteiger partial charge in [0.15, 0.2) is 5.41 Å². The molecule has 0 aromatic heterocycles. The van der Waals surface area contributed by atoms with Gasteiger partial charge in [0.2, 0.25) is 0 Å². The molecular formula is C12H18O4. The zero-order chi connectivity index (χ0) is 12.0. The van der Waals surface area contributed by atoms with Gasteiger partial charge in [-0.2, -0.15) is 0 Å². The van der Waals surface area contributed by atoms with Crippen LogP contribution in [0.25, 0.3) is 0 Å². The maximum absolute atomic E-state index is 11.8. The third-order valence-corrected chi connectivity index (χ3v) is 3.91. The zero-order valence-corrected chi connectivity index (χ0v) is 9.78. The molecule has 0 bridgehead atoms. The average Bonchev–Trinajstić information content (AvgIpc) is 1.96. The Morgan fingerprint density at radius 1 is 1.25 bits per heavy atom. The van der Waals surface area contributed by atoms with Gasteiger partial charge in [0.25, 0.3) is 0 Å². The monoisotopic (exact) mass is 226 g/mol. The number of carboxylic acids is 1. The van der Waals surface area contributed by atoms with E-state index in [-0.39, 0.29) is 11.5 Å². The summed E-state index contributed by atoms with van der Waals surface area (Å²) in [7, 11) is 0. The van der Waals surface area contributed by atoms with Crippen molar-refractivity contribution in [2.75, 3.05) is 0 Å². The molecule has 1 N–H and O–H groups in total. The molecule has 2 rings (SSSR count). The number of hydrogen-bond donors (Lipinski definition) is 1. The first-order chi connectivity index (χ1) is 7.40. The molecule has 0 aliphatic heterocycles. The minimum atomic E-state index is -1.25. The van der Waals surface area contributed by atoms with E-state index in [0.717, 1.165) is 19.3 Å². The van der Waals surface area contributed by atoms with Crippen LogP contribution in [0.3, 0.4) is 0 Å². The lowest BCUT2D eigenvalue weighted by Gasteiger charge is -2.57. The number of aliphatic carboxylic acids is 1. The van der Waals surface area contributed by atoms with E-state index in [1.54, 1.807) is 13.8 Å². The smallest absolute Gasteiger partial charge is 0.323 e. The molecule has 16 heavy (non-hydrogen) atoms. The fourth-order valence-corrected chi connectivity index (χ4v) is 2.97. The Kier molecular flexibility index (Phi) is 2.48. The highest BCUT2D eigenvalue weighted by Gasteiger charge is 2.66. The predicted molar refractivity (Wildman–Crippen MR) is 56.8 cm³/mol. The van der Waals surface area contributed by atoms with E-state index < -0.39 is 17.4 Å². The molecule has 0 aromatic carbocycles. The maximum atomic E-state index is 11.8. The fraction of sp³-hybridized carbons (Fsp3) is 0.833. The van der Waals surface area contributed by atoms with Gasteiger partial charge in [0.1, 0.15) is 0 Å². The molecule has 1 spiro atoms. The Bertz CT molecular complexity index is 320. The summed E-state index contributed by atoms with van der Waals surface area (Å²) in [5, 5.41) is 9.22. The van der Waals surface area contributed by atoms with Crippen molar-refractivity contribution in [3.63, 3.8) is 0 Å². The summed E-state index contributed by atoms with van der Waals surface area (Å²) in [5.74, 6) is -1.57. The standard InChI is InChI=1S/C12H18O4/c1-8(2)16-10(15)12(9(13)14)6-11(7-12)4-3-5-11/h8H,3-7H2,1-2H3,(H,13,14). The number of carbonyl (C=O) groups is 2. The van der Waals surface area contributed by atoms with Gasteiger partial charge in [-0.3, -0.25) is 9.59 Å². The van der Waals surface area contributed by atoms with Crippen LogP contribution in [0.2, 0.25) is 0 Å². The Hall–Kier alpha value is -1.06. The van der Waals surface area contributed by atoms with E-state index in [1.165, 1.54) is 0 Å². The second-order valence-corrected chi connectivity index (χ2v) is 5.55. The summed E-state index contributed by atoms with van der Waals surface area (Å²) >= 11 is 0. The molecule has 4 nitrogen and oxygen atoms in total. The molecule has 0 heterocycles. The number of carbonyl (C=O) groups excluding carboxylic acids is 1. The molecule has 0 radical (unpaired) electrons. The number of carboxylic acid groups (broad SMARTS) is 1. The van der Waals surface area contributed by atoms with Crippen LogP contribution in [0.5, 0.6) is 0 Å². The topological polar surface area (TPSA) is 63.6 Å². The molecular weight excluding hydrogens is 208 g/mol. The SMILES string of the molecule is CC(C)OC(=O)C1(C(=O)O)CC2(CCC2)C1. The Labute approximate surface area is 95.0 Å². The second-order valence-electron chi connectivity index (χ2n) is 5.55. The van der Waals surface area contributed by atoms with E-state index in [4.69, 9.17) is 4.74 Å². The second kappa shape index (κ2) is 3.47. The molecule has 2 saturated carbocycles. The van der Waals surface area contributed by atoms with E-state index in [2.05, 4.69) is 0 Å². The van der Waals surface area contributed by atoms with Crippen molar-refractivity contribution < 1.29 is 19.4 Å². The summed E-state index contributed by atoms with van der Waals surface area (Å²) in [4.78, 5) is 23.1. The van der Waals surface area contributed by atoms with Crippen LogP contribution in [0.4, 0.5) is 0 Å². The zero-order valence-electron chi connectivity index (χ0n) is 9.78. The molecule has 90 valence electrons. The molecule has 0 saturated heterocycles. The third kappa shape index (κ3) is 1.51. The Morgan fingerprint density at radius 2 is 1.81 bits per heavy atom. The quantitative estimate of drug-likeness (QED) is 0.590. The van der Waals surface area contributed by atoms with Gasteiger partial charge in [-0.15, -0.1) is 0 Å². The van der Waals surface area contributed by atoms with Crippen LogP contribution < -0.4 is 0 Å². The van der Waals surface area contributed by atoms with Crippen LogP contribution in [-0.4, -0.2) is 23.1 Å². The molecule has 0 aromatic rings. The van der Waals surface area contributed by atoms with Crippen LogP contribution in [0, 0.1) is 10.8 Å². The van der Waals surface area contributed by atoms with Crippen molar-refractivity contribution >= 4 is 11.9 Å². The van der Waals surface area contributed by atoms with Crippen molar-refractivity contribution in [3.8, 4) is 0 Å². The Balaban J connectivity index is 2.07.